The molecule has 0 aliphatic rings. The normalized spacial score (nSPS) is 12.5. The number of carbonyl (C=O) groups excluding carboxylic acids is 1. The monoisotopic (exact) mass is 268 g/mol. The molecule has 0 amide bonds. The van der Waals surface area contributed by atoms with Crippen LogP contribution >= 0.6 is 0 Å². The number of hydrogen-bond acceptors (Lipinski definition) is 2. The lowest BCUT2D eigenvalue weighted by Gasteiger charge is -2.17. The Balaban J connectivity index is 3.76. The standard InChI is InChI=1S/C17H32O2/c1-6-11-16(19-17(18)15(4)5)13-10-8-7-9-12-14(2)3/h14,16H,4,6-13H2,1-3,5H3. The molecule has 0 aliphatic heterocycles. The maximum atomic E-state index is 11.5. The minimum Gasteiger partial charge on any atom is -0.459 e. The molecule has 0 aromatic rings. The molecule has 0 saturated carbocycles. The third kappa shape index (κ3) is 10.8. The molecule has 0 aromatic carbocycles. The van der Waals surface area contributed by atoms with Crippen molar-refractivity contribution in [1.29, 1.82) is 0 Å². The summed E-state index contributed by atoms with van der Waals surface area (Å²) in [6.07, 6.45) is 9.44. The minimum atomic E-state index is -0.238. The summed E-state index contributed by atoms with van der Waals surface area (Å²) in [7, 11) is 0. The molecule has 0 heterocycles. The number of unbranched alkanes of at least 4 members (excludes halogenated alkanes) is 3. The Morgan fingerprint density at radius 1 is 1.05 bits per heavy atom. The van der Waals surface area contributed by atoms with Crippen LogP contribution in [0.2, 0.25) is 0 Å². The Morgan fingerprint density at radius 3 is 2.11 bits per heavy atom. The topological polar surface area (TPSA) is 26.3 Å². The van der Waals surface area contributed by atoms with Crippen LogP contribution in [-0.4, -0.2) is 12.1 Å². The van der Waals surface area contributed by atoms with Gasteiger partial charge in [-0.15, -0.1) is 0 Å². The highest BCUT2D eigenvalue weighted by atomic mass is 16.5. The SMILES string of the molecule is C=C(C)C(=O)OC(CCC)CCCCCCC(C)C. The van der Waals surface area contributed by atoms with Crippen molar-refractivity contribution in [3.05, 3.63) is 12.2 Å². The van der Waals surface area contributed by atoms with E-state index < -0.39 is 0 Å². The first-order valence-electron chi connectivity index (χ1n) is 7.83. The molecule has 2 heteroatoms. The summed E-state index contributed by atoms with van der Waals surface area (Å²) in [4.78, 5) is 11.5. The lowest BCUT2D eigenvalue weighted by Crippen LogP contribution is -2.18. The summed E-state index contributed by atoms with van der Waals surface area (Å²) < 4.78 is 5.46. The molecule has 0 aromatic heterocycles. The van der Waals surface area contributed by atoms with Crippen LogP contribution in [0.1, 0.15) is 79.1 Å². The molecule has 1 unspecified atom stereocenters. The first kappa shape index (κ1) is 18.2. The molecule has 19 heavy (non-hydrogen) atoms. The molecule has 0 radical (unpaired) electrons. The smallest absolute Gasteiger partial charge is 0.333 e. The molecule has 0 N–H and O–H groups in total. The molecule has 0 aliphatic carbocycles. The summed E-state index contributed by atoms with van der Waals surface area (Å²) in [5.41, 5.74) is 0.498. The van der Waals surface area contributed by atoms with Crippen LogP contribution in [0.4, 0.5) is 0 Å². The second-order valence-corrected chi connectivity index (χ2v) is 5.98. The zero-order valence-electron chi connectivity index (χ0n) is 13.3. The van der Waals surface area contributed by atoms with Gasteiger partial charge in [0.2, 0.25) is 0 Å². The highest BCUT2D eigenvalue weighted by molar-refractivity contribution is 5.87. The van der Waals surface area contributed by atoms with Gasteiger partial charge in [0.25, 0.3) is 0 Å². The van der Waals surface area contributed by atoms with E-state index in [1.54, 1.807) is 6.92 Å². The first-order valence-corrected chi connectivity index (χ1v) is 7.83. The lowest BCUT2D eigenvalue weighted by molar-refractivity contribution is -0.144. The first-order chi connectivity index (χ1) is 8.97. The van der Waals surface area contributed by atoms with Crippen molar-refractivity contribution in [2.45, 2.75) is 85.2 Å². The van der Waals surface area contributed by atoms with Gasteiger partial charge in [0.15, 0.2) is 0 Å². The summed E-state index contributed by atoms with van der Waals surface area (Å²) in [5.74, 6) is 0.572. The highest BCUT2D eigenvalue weighted by Crippen LogP contribution is 2.16. The van der Waals surface area contributed by atoms with Crippen molar-refractivity contribution in [3.63, 3.8) is 0 Å². The van der Waals surface area contributed by atoms with Crippen LogP contribution in [0.5, 0.6) is 0 Å². The van der Waals surface area contributed by atoms with E-state index in [1.165, 1.54) is 25.7 Å². The van der Waals surface area contributed by atoms with Crippen molar-refractivity contribution < 1.29 is 9.53 Å². The van der Waals surface area contributed by atoms with Crippen LogP contribution in [-0.2, 0) is 9.53 Å². The van der Waals surface area contributed by atoms with Gasteiger partial charge >= 0.3 is 5.97 Å². The molecular weight excluding hydrogens is 236 g/mol. The van der Waals surface area contributed by atoms with Gasteiger partial charge in [-0.25, -0.2) is 4.79 Å². The molecule has 0 fully saturated rings. The fourth-order valence-electron chi connectivity index (χ4n) is 2.11. The van der Waals surface area contributed by atoms with E-state index in [0.29, 0.717) is 5.57 Å². The van der Waals surface area contributed by atoms with Crippen molar-refractivity contribution in [3.8, 4) is 0 Å². The van der Waals surface area contributed by atoms with E-state index in [1.807, 2.05) is 0 Å². The molecule has 0 spiro atoms. The quantitative estimate of drug-likeness (QED) is 0.290. The predicted molar refractivity (Wildman–Crippen MR) is 82.1 cm³/mol. The Morgan fingerprint density at radius 2 is 1.63 bits per heavy atom. The zero-order valence-corrected chi connectivity index (χ0v) is 13.3. The summed E-state index contributed by atoms with van der Waals surface area (Å²) in [6, 6.07) is 0. The maximum Gasteiger partial charge on any atom is 0.333 e. The van der Waals surface area contributed by atoms with Gasteiger partial charge in [0, 0.05) is 5.57 Å². The van der Waals surface area contributed by atoms with Crippen LogP contribution < -0.4 is 0 Å². The third-order valence-electron chi connectivity index (χ3n) is 3.29. The Hall–Kier alpha value is -0.790. The maximum absolute atomic E-state index is 11.5. The van der Waals surface area contributed by atoms with Crippen LogP contribution in [0, 0.1) is 5.92 Å². The van der Waals surface area contributed by atoms with E-state index in [0.717, 1.165) is 31.6 Å². The fraction of sp³-hybridized carbons (Fsp3) is 0.824. The highest BCUT2D eigenvalue weighted by Gasteiger charge is 2.13. The number of ether oxygens (including phenoxy) is 1. The van der Waals surface area contributed by atoms with Crippen molar-refractivity contribution in [1.82, 2.24) is 0 Å². The predicted octanol–water partition coefficient (Wildman–Crippen LogP) is 5.27. The van der Waals surface area contributed by atoms with Crippen LogP contribution in [0.15, 0.2) is 12.2 Å². The number of esters is 1. The Labute approximate surface area is 119 Å². The van der Waals surface area contributed by atoms with Gasteiger partial charge in [-0.1, -0.05) is 59.5 Å². The molecule has 0 saturated heterocycles. The minimum absolute atomic E-state index is 0.0827. The zero-order chi connectivity index (χ0) is 14.7. The van der Waals surface area contributed by atoms with E-state index in [2.05, 4.69) is 27.4 Å². The van der Waals surface area contributed by atoms with Gasteiger partial charge in [-0.2, -0.15) is 0 Å². The van der Waals surface area contributed by atoms with Crippen LogP contribution in [0.25, 0.3) is 0 Å². The fourth-order valence-corrected chi connectivity index (χ4v) is 2.11. The molecular formula is C17H32O2. The second kappa shape index (κ2) is 11.1. The second-order valence-electron chi connectivity index (χ2n) is 5.98. The van der Waals surface area contributed by atoms with Gasteiger partial charge in [-0.3, -0.25) is 0 Å². The van der Waals surface area contributed by atoms with Crippen LogP contribution in [0.3, 0.4) is 0 Å². The van der Waals surface area contributed by atoms with Crippen molar-refractivity contribution in [2.75, 3.05) is 0 Å². The van der Waals surface area contributed by atoms with Gasteiger partial charge in [0.1, 0.15) is 6.10 Å². The number of hydrogen-bond donors (Lipinski definition) is 0. The third-order valence-corrected chi connectivity index (χ3v) is 3.29. The molecule has 2 nitrogen and oxygen atoms in total. The summed E-state index contributed by atoms with van der Waals surface area (Å²) in [5, 5.41) is 0. The van der Waals surface area contributed by atoms with Gasteiger partial charge in [0.05, 0.1) is 0 Å². The molecule has 0 bridgehead atoms. The Bertz CT molecular complexity index is 256. The molecule has 0 rings (SSSR count). The summed E-state index contributed by atoms with van der Waals surface area (Å²) in [6.45, 7) is 12.0. The van der Waals surface area contributed by atoms with Crippen molar-refractivity contribution >= 4 is 5.97 Å². The van der Waals surface area contributed by atoms with Gasteiger partial charge < -0.3 is 4.74 Å². The number of carbonyl (C=O) groups is 1. The average Bonchev–Trinajstić information content (AvgIpc) is 2.33. The van der Waals surface area contributed by atoms with E-state index in [4.69, 9.17) is 4.74 Å². The molecule has 112 valence electrons. The number of rotatable bonds is 11. The van der Waals surface area contributed by atoms with Gasteiger partial charge in [-0.05, 0) is 32.1 Å². The lowest BCUT2D eigenvalue weighted by atomic mass is 10.0. The van der Waals surface area contributed by atoms with E-state index in [9.17, 15) is 4.79 Å². The Kier molecular flexibility index (Phi) is 10.6. The van der Waals surface area contributed by atoms with E-state index >= 15 is 0 Å². The largest absolute Gasteiger partial charge is 0.459 e. The van der Waals surface area contributed by atoms with E-state index in [-0.39, 0.29) is 12.1 Å². The summed E-state index contributed by atoms with van der Waals surface area (Å²) >= 11 is 0. The average molecular weight is 268 g/mol. The van der Waals surface area contributed by atoms with Crippen molar-refractivity contribution in [2.24, 2.45) is 5.92 Å². The molecule has 1 atom stereocenters.